The molecule has 0 radical (unpaired) electrons. The zero-order valence-electron chi connectivity index (χ0n) is 10.5. The minimum absolute atomic E-state index is 0.0287. The van der Waals surface area contributed by atoms with E-state index in [1.54, 1.807) is 13.8 Å². The first-order chi connectivity index (χ1) is 7.35. The molecule has 2 atom stereocenters. The molecule has 16 heavy (non-hydrogen) atoms. The van der Waals surface area contributed by atoms with E-state index in [-0.39, 0.29) is 18.5 Å². The average Bonchev–Trinajstić information content (AvgIpc) is 2.25. The van der Waals surface area contributed by atoms with E-state index in [2.05, 4.69) is 10.6 Å². The molecule has 0 fully saturated rings. The first-order valence-corrected chi connectivity index (χ1v) is 5.63. The number of carbonyl (C=O) groups is 2. The highest BCUT2D eigenvalue weighted by molar-refractivity contribution is 5.81. The second-order valence-corrected chi connectivity index (χ2v) is 4.22. The van der Waals surface area contributed by atoms with Crippen molar-refractivity contribution in [2.24, 2.45) is 0 Å². The van der Waals surface area contributed by atoms with E-state index in [0.29, 0.717) is 6.42 Å². The summed E-state index contributed by atoms with van der Waals surface area (Å²) in [5, 5.41) is 14.5. The maximum Gasteiger partial charge on any atom is 0.323 e. The van der Waals surface area contributed by atoms with E-state index in [1.165, 1.54) is 0 Å². The summed E-state index contributed by atoms with van der Waals surface area (Å²) in [6.45, 7) is 7.26. The topological polar surface area (TPSA) is 78.4 Å². The Morgan fingerprint density at radius 1 is 1.38 bits per heavy atom. The summed E-state index contributed by atoms with van der Waals surface area (Å²) in [7, 11) is 0. The molecular formula is C11H22N2O3. The monoisotopic (exact) mass is 230 g/mol. The lowest BCUT2D eigenvalue weighted by Crippen LogP contribution is -2.52. The molecule has 0 saturated carbocycles. The molecule has 5 heteroatoms. The second-order valence-electron chi connectivity index (χ2n) is 4.22. The third-order valence-electron chi connectivity index (χ3n) is 2.84. The van der Waals surface area contributed by atoms with Gasteiger partial charge in [0.2, 0.25) is 5.91 Å². The number of nitrogens with one attached hydrogen (secondary N) is 2. The highest BCUT2D eigenvalue weighted by Gasteiger charge is 2.30. The largest absolute Gasteiger partial charge is 0.480 e. The number of amides is 1. The second kappa shape index (κ2) is 6.48. The molecule has 0 saturated heterocycles. The summed E-state index contributed by atoms with van der Waals surface area (Å²) in [4.78, 5) is 22.4. The number of carbonyl (C=O) groups excluding carboxylic acids is 1. The van der Waals surface area contributed by atoms with Gasteiger partial charge in [0.15, 0.2) is 0 Å². The molecule has 0 rings (SSSR count). The van der Waals surface area contributed by atoms with Crippen molar-refractivity contribution >= 4 is 11.9 Å². The molecule has 0 aromatic rings. The van der Waals surface area contributed by atoms with Gasteiger partial charge in [-0.25, -0.2) is 0 Å². The van der Waals surface area contributed by atoms with E-state index < -0.39 is 11.5 Å². The van der Waals surface area contributed by atoms with Crippen molar-refractivity contribution in [3.05, 3.63) is 0 Å². The molecule has 0 bridgehead atoms. The van der Waals surface area contributed by atoms with Crippen molar-refractivity contribution in [3.8, 4) is 0 Å². The van der Waals surface area contributed by atoms with Gasteiger partial charge in [-0.1, -0.05) is 13.8 Å². The first kappa shape index (κ1) is 14.9. The van der Waals surface area contributed by atoms with Crippen molar-refractivity contribution in [3.63, 3.8) is 0 Å². The molecule has 0 heterocycles. The van der Waals surface area contributed by atoms with Gasteiger partial charge in [0.25, 0.3) is 0 Å². The van der Waals surface area contributed by atoms with Gasteiger partial charge in [0.05, 0.1) is 6.54 Å². The Morgan fingerprint density at radius 2 is 1.94 bits per heavy atom. The number of rotatable bonds is 7. The minimum Gasteiger partial charge on any atom is -0.480 e. The minimum atomic E-state index is -1.03. The van der Waals surface area contributed by atoms with Crippen LogP contribution < -0.4 is 10.6 Å². The van der Waals surface area contributed by atoms with Crippen LogP contribution in [-0.2, 0) is 9.59 Å². The Bertz CT molecular complexity index is 256. The SMILES string of the molecule is CCC(C)NC(=O)CNC(C)(CC)C(=O)O. The molecule has 0 aliphatic rings. The number of aliphatic carboxylic acids is 1. The van der Waals surface area contributed by atoms with E-state index in [0.717, 1.165) is 6.42 Å². The van der Waals surface area contributed by atoms with E-state index in [9.17, 15) is 9.59 Å². The summed E-state index contributed by atoms with van der Waals surface area (Å²) >= 11 is 0. The number of hydrogen-bond acceptors (Lipinski definition) is 3. The molecule has 2 unspecified atom stereocenters. The fourth-order valence-corrected chi connectivity index (χ4v) is 1.06. The standard InChI is InChI=1S/C11H22N2O3/c1-5-8(3)13-9(14)7-12-11(4,6-2)10(15)16/h8,12H,5-7H2,1-4H3,(H,13,14)(H,15,16). The van der Waals surface area contributed by atoms with Crippen LogP contribution in [0.15, 0.2) is 0 Å². The summed E-state index contributed by atoms with van der Waals surface area (Å²) in [5.74, 6) is -1.11. The van der Waals surface area contributed by atoms with Crippen LogP contribution in [0.3, 0.4) is 0 Å². The zero-order valence-corrected chi connectivity index (χ0v) is 10.5. The molecule has 0 aliphatic carbocycles. The number of carboxylic acids is 1. The molecule has 0 spiro atoms. The van der Waals surface area contributed by atoms with Crippen LogP contribution in [0.1, 0.15) is 40.5 Å². The van der Waals surface area contributed by atoms with E-state index in [4.69, 9.17) is 5.11 Å². The van der Waals surface area contributed by atoms with Crippen molar-refractivity contribution in [2.45, 2.75) is 52.1 Å². The first-order valence-electron chi connectivity index (χ1n) is 5.63. The highest BCUT2D eigenvalue weighted by atomic mass is 16.4. The Morgan fingerprint density at radius 3 is 2.31 bits per heavy atom. The molecule has 94 valence electrons. The summed E-state index contributed by atoms with van der Waals surface area (Å²) < 4.78 is 0. The maximum atomic E-state index is 11.4. The van der Waals surface area contributed by atoms with Gasteiger partial charge >= 0.3 is 5.97 Å². The van der Waals surface area contributed by atoms with Gasteiger partial charge < -0.3 is 10.4 Å². The molecule has 0 aromatic heterocycles. The smallest absolute Gasteiger partial charge is 0.323 e. The Balaban J connectivity index is 4.13. The predicted octanol–water partition coefficient (Wildman–Crippen LogP) is 0.744. The van der Waals surface area contributed by atoms with Gasteiger partial charge in [-0.15, -0.1) is 0 Å². The quantitative estimate of drug-likeness (QED) is 0.603. The van der Waals surface area contributed by atoms with Crippen molar-refractivity contribution < 1.29 is 14.7 Å². The lowest BCUT2D eigenvalue weighted by atomic mass is 9.99. The molecule has 0 aromatic carbocycles. The fraction of sp³-hybridized carbons (Fsp3) is 0.818. The normalized spacial score (nSPS) is 16.2. The van der Waals surface area contributed by atoms with Crippen molar-refractivity contribution in [2.75, 3.05) is 6.54 Å². The van der Waals surface area contributed by atoms with Crippen LogP contribution in [0.4, 0.5) is 0 Å². The molecule has 0 aliphatic heterocycles. The van der Waals surface area contributed by atoms with Crippen LogP contribution in [0.2, 0.25) is 0 Å². The van der Waals surface area contributed by atoms with Crippen molar-refractivity contribution in [1.29, 1.82) is 0 Å². The average molecular weight is 230 g/mol. The van der Waals surface area contributed by atoms with Crippen LogP contribution >= 0.6 is 0 Å². The van der Waals surface area contributed by atoms with Gasteiger partial charge in [-0.2, -0.15) is 0 Å². The molecule has 5 nitrogen and oxygen atoms in total. The third kappa shape index (κ3) is 4.61. The van der Waals surface area contributed by atoms with Gasteiger partial charge in [0, 0.05) is 6.04 Å². The van der Waals surface area contributed by atoms with E-state index >= 15 is 0 Å². The third-order valence-corrected chi connectivity index (χ3v) is 2.84. The molecular weight excluding hydrogens is 208 g/mol. The van der Waals surface area contributed by atoms with Crippen LogP contribution in [-0.4, -0.2) is 35.1 Å². The summed E-state index contributed by atoms with van der Waals surface area (Å²) in [6.07, 6.45) is 1.29. The van der Waals surface area contributed by atoms with E-state index in [1.807, 2.05) is 13.8 Å². The molecule has 3 N–H and O–H groups in total. The maximum absolute atomic E-state index is 11.4. The van der Waals surface area contributed by atoms with Gasteiger partial charge in [0.1, 0.15) is 5.54 Å². The number of carboxylic acid groups (broad SMARTS) is 1. The molecule has 1 amide bonds. The van der Waals surface area contributed by atoms with Crippen LogP contribution in [0.5, 0.6) is 0 Å². The Labute approximate surface area is 96.6 Å². The van der Waals surface area contributed by atoms with Crippen LogP contribution in [0.25, 0.3) is 0 Å². The van der Waals surface area contributed by atoms with Crippen LogP contribution in [0, 0.1) is 0 Å². The number of hydrogen-bond donors (Lipinski definition) is 3. The lowest BCUT2D eigenvalue weighted by Gasteiger charge is -2.24. The highest BCUT2D eigenvalue weighted by Crippen LogP contribution is 2.08. The van der Waals surface area contributed by atoms with Gasteiger partial charge in [-0.05, 0) is 26.7 Å². The lowest BCUT2D eigenvalue weighted by molar-refractivity contribution is -0.144. The summed E-state index contributed by atoms with van der Waals surface area (Å²) in [6, 6.07) is 0.118. The predicted molar refractivity (Wildman–Crippen MR) is 62.2 cm³/mol. The van der Waals surface area contributed by atoms with Crippen molar-refractivity contribution in [1.82, 2.24) is 10.6 Å². The zero-order chi connectivity index (χ0) is 12.8. The summed E-state index contributed by atoms with van der Waals surface area (Å²) in [5.41, 5.74) is -1.03. The fourth-order valence-electron chi connectivity index (χ4n) is 1.06. The van der Waals surface area contributed by atoms with Gasteiger partial charge in [-0.3, -0.25) is 14.9 Å². The Kier molecular flexibility index (Phi) is 6.03. The Hall–Kier alpha value is -1.10.